The number of methoxy groups -OCH3 is 1. The highest BCUT2D eigenvalue weighted by molar-refractivity contribution is 5.95. The molecule has 0 heterocycles. The SMILES string of the molecule is CCOC(=O)C(Cc1cccc(O)c1)C(=O)OC. The molecule has 0 aliphatic heterocycles. The van der Waals surface area contributed by atoms with Crippen molar-refractivity contribution in [1.29, 1.82) is 0 Å². The molecule has 0 amide bonds. The van der Waals surface area contributed by atoms with Gasteiger partial charge in [0.2, 0.25) is 0 Å². The minimum Gasteiger partial charge on any atom is -0.508 e. The molecular weight excluding hydrogens is 236 g/mol. The van der Waals surface area contributed by atoms with Gasteiger partial charge in [-0.1, -0.05) is 12.1 Å². The molecule has 0 bridgehead atoms. The second kappa shape index (κ2) is 6.64. The molecule has 0 saturated carbocycles. The maximum atomic E-state index is 11.6. The molecule has 1 unspecified atom stereocenters. The molecule has 1 N–H and O–H groups in total. The first-order valence-electron chi connectivity index (χ1n) is 5.60. The van der Waals surface area contributed by atoms with Crippen molar-refractivity contribution in [1.82, 2.24) is 0 Å². The van der Waals surface area contributed by atoms with Crippen molar-refractivity contribution in [3.05, 3.63) is 29.8 Å². The van der Waals surface area contributed by atoms with E-state index in [9.17, 15) is 14.7 Å². The normalized spacial score (nSPS) is 11.7. The Hall–Kier alpha value is -2.04. The maximum absolute atomic E-state index is 11.6. The van der Waals surface area contributed by atoms with Crippen LogP contribution in [0.5, 0.6) is 5.75 Å². The van der Waals surface area contributed by atoms with Gasteiger partial charge >= 0.3 is 11.9 Å². The van der Waals surface area contributed by atoms with Crippen LogP contribution in [0.15, 0.2) is 24.3 Å². The Kier molecular flexibility index (Phi) is 5.17. The molecule has 18 heavy (non-hydrogen) atoms. The number of aromatic hydroxyl groups is 1. The number of esters is 2. The van der Waals surface area contributed by atoms with Gasteiger partial charge in [0.05, 0.1) is 13.7 Å². The van der Waals surface area contributed by atoms with Gasteiger partial charge < -0.3 is 14.6 Å². The Balaban J connectivity index is 2.84. The zero-order valence-electron chi connectivity index (χ0n) is 10.4. The Labute approximate surface area is 105 Å². The van der Waals surface area contributed by atoms with E-state index in [-0.39, 0.29) is 18.8 Å². The number of phenols is 1. The summed E-state index contributed by atoms with van der Waals surface area (Å²) >= 11 is 0. The number of hydrogen-bond donors (Lipinski definition) is 1. The van der Waals surface area contributed by atoms with Crippen LogP contribution in [0.1, 0.15) is 12.5 Å². The Morgan fingerprint density at radius 3 is 2.61 bits per heavy atom. The van der Waals surface area contributed by atoms with Crippen molar-refractivity contribution in [3.63, 3.8) is 0 Å². The first kappa shape index (κ1) is 14.0. The topological polar surface area (TPSA) is 72.8 Å². The van der Waals surface area contributed by atoms with E-state index in [1.54, 1.807) is 19.1 Å². The molecule has 0 fully saturated rings. The Bertz CT molecular complexity index is 427. The number of hydrogen-bond acceptors (Lipinski definition) is 5. The third-order valence-corrected chi connectivity index (χ3v) is 2.41. The number of carbonyl (C=O) groups excluding carboxylic acids is 2. The minimum atomic E-state index is -1.00. The predicted octanol–water partition coefficient (Wildman–Crippen LogP) is 1.29. The van der Waals surface area contributed by atoms with Crippen molar-refractivity contribution in [2.24, 2.45) is 5.92 Å². The first-order valence-corrected chi connectivity index (χ1v) is 5.60. The molecule has 0 aliphatic rings. The van der Waals surface area contributed by atoms with Gasteiger partial charge in [-0.2, -0.15) is 0 Å². The van der Waals surface area contributed by atoms with Gasteiger partial charge in [-0.05, 0) is 31.0 Å². The quantitative estimate of drug-likeness (QED) is 0.631. The summed E-state index contributed by atoms with van der Waals surface area (Å²) in [6.45, 7) is 1.87. The van der Waals surface area contributed by atoms with Crippen LogP contribution < -0.4 is 0 Å². The lowest BCUT2D eigenvalue weighted by Crippen LogP contribution is -2.29. The highest BCUT2D eigenvalue weighted by atomic mass is 16.5. The van der Waals surface area contributed by atoms with E-state index >= 15 is 0 Å². The number of phenolic OH excluding ortho intramolecular Hbond substituents is 1. The van der Waals surface area contributed by atoms with Crippen molar-refractivity contribution in [2.75, 3.05) is 13.7 Å². The third kappa shape index (κ3) is 3.76. The van der Waals surface area contributed by atoms with E-state index in [4.69, 9.17) is 4.74 Å². The summed E-state index contributed by atoms with van der Waals surface area (Å²) < 4.78 is 9.41. The van der Waals surface area contributed by atoms with Gasteiger partial charge in [-0.25, -0.2) is 0 Å². The number of benzene rings is 1. The second-order valence-corrected chi connectivity index (χ2v) is 3.70. The van der Waals surface area contributed by atoms with Gasteiger partial charge in [0.25, 0.3) is 0 Å². The van der Waals surface area contributed by atoms with Gasteiger partial charge in [-0.15, -0.1) is 0 Å². The molecule has 98 valence electrons. The van der Waals surface area contributed by atoms with Crippen LogP contribution in [0, 0.1) is 5.92 Å². The lowest BCUT2D eigenvalue weighted by atomic mass is 9.99. The van der Waals surface area contributed by atoms with Crippen molar-refractivity contribution in [2.45, 2.75) is 13.3 Å². The maximum Gasteiger partial charge on any atom is 0.320 e. The van der Waals surface area contributed by atoms with Gasteiger partial charge in [0.15, 0.2) is 5.92 Å². The van der Waals surface area contributed by atoms with Crippen molar-refractivity contribution < 1.29 is 24.2 Å². The molecule has 0 aliphatic carbocycles. The highest BCUT2D eigenvalue weighted by Crippen LogP contribution is 2.16. The van der Waals surface area contributed by atoms with Crippen LogP contribution in [0.25, 0.3) is 0 Å². The van der Waals surface area contributed by atoms with Gasteiger partial charge in [0, 0.05) is 0 Å². The number of carbonyl (C=O) groups is 2. The molecule has 1 atom stereocenters. The van der Waals surface area contributed by atoms with Crippen LogP contribution in [0.3, 0.4) is 0 Å². The molecule has 1 aromatic rings. The second-order valence-electron chi connectivity index (χ2n) is 3.70. The minimum absolute atomic E-state index is 0.0833. The standard InChI is InChI=1S/C13H16O5/c1-3-18-13(16)11(12(15)17-2)8-9-5-4-6-10(14)7-9/h4-7,11,14H,3,8H2,1-2H3. The van der Waals surface area contributed by atoms with Crippen LogP contribution in [0.2, 0.25) is 0 Å². The molecule has 1 rings (SSSR count). The molecule has 5 heteroatoms. The summed E-state index contributed by atoms with van der Waals surface area (Å²) in [5, 5.41) is 9.33. The summed E-state index contributed by atoms with van der Waals surface area (Å²) in [4.78, 5) is 23.2. The monoisotopic (exact) mass is 252 g/mol. The van der Waals surface area contributed by atoms with Crippen LogP contribution in [-0.4, -0.2) is 30.8 Å². The Morgan fingerprint density at radius 2 is 2.06 bits per heavy atom. The lowest BCUT2D eigenvalue weighted by Gasteiger charge is -2.13. The fourth-order valence-corrected chi connectivity index (χ4v) is 1.57. The third-order valence-electron chi connectivity index (χ3n) is 2.41. The van der Waals surface area contributed by atoms with E-state index in [0.717, 1.165) is 0 Å². The molecule has 0 radical (unpaired) electrons. The molecule has 1 aromatic carbocycles. The van der Waals surface area contributed by atoms with E-state index in [0.29, 0.717) is 5.56 Å². The first-order chi connectivity index (χ1) is 8.58. The van der Waals surface area contributed by atoms with Crippen molar-refractivity contribution in [3.8, 4) is 5.75 Å². The lowest BCUT2D eigenvalue weighted by molar-refractivity contribution is -0.160. The number of rotatable bonds is 5. The van der Waals surface area contributed by atoms with E-state index in [2.05, 4.69) is 4.74 Å². The number of ether oxygens (including phenoxy) is 2. The molecule has 0 saturated heterocycles. The van der Waals surface area contributed by atoms with Gasteiger partial charge in [-0.3, -0.25) is 9.59 Å². The summed E-state index contributed by atoms with van der Waals surface area (Å²) in [5.41, 5.74) is 0.665. The van der Waals surface area contributed by atoms with Crippen LogP contribution in [-0.2, 0) is 25.5 Å². The summed E-state index contributed by atoms with van der Waals surface area (Å²) in [5.74, 6) is -2.18. The molecular formula is C13H16O5. The summed E-state index contributed by atoms with van der Waals surface area (Å²) in [6.07, 6.45) is 0.139. The van der Waals surface area contributed by atoms with E-state index < -0.39 is 17.9 Å². The zero-order valence-corrected chi connectivity index (χ0v) is 10.4. The molecule has 5 nitrogen and oxygen atoms in total. The fraction of sp³-hybridized carbons (Fsp3) is 0.385. The van der Waals surface area contributed by atoms with Crippen LogP contribution in [0.4, 0.5) is 0 Å². The van der Waals surface area contributed by atoms with Crippen molar-refractivity contribution >= 4 is 11.9 Å². The fourth-order valence-electron chi connectivity index (χ4n) is 1.57. The predicted molar refractivity (Wildman–Crippen MR) is 63.9 cm³/mol. The molecule has 0 spiro atoms. The van der Waals surface area contributed by atoms with Crippen LogP contribution >= 0.6 is 0 Å². The average Bonchev–Trinajstić information content (AvgIpc) is 2.35. The Morgan fingerprint density at radius 1 is 1.33 bits per heavy atom. The molecule has 0 aromatic heterocycles. The highest BCUT2D eigenvalue weighted by Gasteiger charge is 2.29. The van der Waals surface area contributed by atoms with E-state index in [1.165, 1.54) is 19.2 Å². The smallest absolute Gasteiger partial charge is 0.320 e. The van der Waals surface area contributed by atoms with Gasteiger partial charge in [0.1, 0.15) is 5.75 Å². The zero-order chi connectivity index (χ0) is 13.5. The summed E-state index contributed by atoms with van der Waals surface area (Å²) in [6, 6.07) is 6.37. The average molecular weight is 252 g/mol. The van der Waals surface area contributed by atoms with E-state index in [1.807, 2.05) is 0 Å². The summed E-state index contributed by atoms with van der Waals surface area (Å²) in [7, 11) is 1.22. The largest absolute Gasteiger partial charge is 0.508 e.